The smallest absolute Gasteiger partial charge is 0.126 e. The molecule has 0 aliphatic carbocycles. The van der Waals surface area contributed by atoms with E-state index in [4.69, 9.17) is 4.74 Å². The van der Waals surface area contributed by atoms with E-state index < -0.39 is 6.10 Å². The monoisotopic (exact) mass is 256 g/mol. The van der Waals surface area contributed by atoms with Crippen molar-refractivity contribution in [3.8, 4) is 5.75 Å². The van der Waals surface area contributed by atoms with Gasteiger partial charge in [-0.15, -0.1) is 0 Å². The van der Waals surface area contributed by atoms with Crippen molar-refractivity contribution >= 4 is 15.9 Å². The van der Waals surface area contributed by atoms with Crippen LogP contribution in [0, 0.1) is 13.8 Å². The summed E-state index contributed by atoms with van der Waals surface area (Å²) in [6.45, 7) is 5.91. The zero-order chi connectivity index (χ0) is 10.5. The van der Waals surface area contributed by atoms with Gasteiger partial charge in [-0.25, -0.2) is 0 Å². The molecule has 0 bridgehead atoms. The van der Waals surface area contributed by atoms with E-state index in [9.17, 15) is 5.11 Å². The van der Waals surface area contributed by atoms with Gasteiger partial charge in [0.05, 0.1) is 0 Å². The SMILES string of the molecule is Cc1cc2c(c(C)c1Br)C(O)C(C)O2. The summed E-state index contributed by atoms with van der Waals surface area (Å²) in [5, 5.41) is 9.90. The molecule has 0 spiro atoms. The molecular weight excluding hydrogens is 244 g/mol. The van der Waals surface area contributed by atoms with E-state index in [1.54, 1.807) is 0 Å². The maximum absolute atomic E-state index is 9.90. The number of hydrogen-bond acceptors (Lipinski definition) is 2. The molecule has 0 saturated heterocycles. The average Bonchev–Trinajstić information content (AvgIpc) is 2.39. The van der Waals surface area contributed by atoms with Gasteiger partial charge < -0.3 is 9.84 Å². The molecule has 1 aliphatic rings. The van der Waals surface area contributed by atoms with Crippen LogP contribution in [0.3, 0.4) is 0 Å². The molecule has 0 fully saturated rings. The molecule has 2 unspecified atom stereocenters. The number of benzene rings is 1. The topological polar surface area (TPSA) is 29.5 Å². The highest BCUT2D eigenvalue weighted by molar-refractivity contribution is 9.10. The number of hydrogen-bond donors (Lipinski definition) is 1. The first-order chi connectivity index (χ1) is 6.52. The fraction of sp³-hybridized carbons (Fsp3) is 0.455. The maximum Gasteiger partial charge on any atom is 0.126 e. The largest absolute Gasteiger partial charge is 0.487 e. The van der Waals surface area contributed by atoms with Gasteiger partial charge in [0.25, 0.3) is 0 Å². The minimum absolute atomic E-state index is 0.141. The highest BCUT2D eigenvalue weighted by atomic mass is 79.9. The van der Waals surface area contributed by atoms with Crippen molar-refractivity contribution in [3.05, 3.63) is 27.2 Å². The van der Waals surface area contributed by atoms with Crippen LogP contribution in [0.1, 0.15) is 29.7 Å². The van der Waals surface area contributed by atoms with Gasteiger partial charge in [0, 0.05) is 10.0 Å². The van der Waals surface area contributed by atoms with Gasteiger partial charge in [-0.1, -0.05) is 15.9 Å². The number of fused-ring (bicyclic) bond motifs is 1. The summed E-state index contributed by atoms with van der Waals surface area (Å²) < 4.78 is 6.63. The molecule has 0 saturated carbocycles. The van der Waals surface area contributed by atoms with Crippen molar-refractivity contribution in [2.24, 2.45) is 0 Å². The molecule has 1 N–H and O–H groups in total. The van der Waals surface area contributed by atoms with Crippen LogP contribution < -0.4 is 4.74 Å². The summed E-state index contributed by atoms with van der Waals surface area (Å²) in [4.78, 5) is 0. The molecule has 3 heteroatoms. The van der Waals surface area contributed by atoms with E-state index in [-0.39, 0.29) is 6.10 Å². The summed E-state index contributed by atoms with van der Waals surface area (Å²) in [6.07, 6.45) is -0.640. The lowest BCUT2D eigenvalue weighted by Gasteiger charge is -2.10. The third kappa shape index (κ3) is 1.27. The van der Waals surface area contributed by atoms with E-state index in [0.717, 1.165) is 26.9 Å². The van der Waals surface area contributed by atoms with Crippen LogP contribution in [0.15, 0.2) is 10.5 Å². The molecule has 2 nitrogen and oxygen atoms in total. The van der Waals surface area contributed by atoms with Gasteiger partial charge in [0.2, 0.25) is 0 Å². The second-order valence-corrected chi connectivity index (χ2v) is 4.61. The fourth-order valence-corrected chi connectivity index (χ4v) is 2.23. The number of rotatable bonds is 0. The predicted octanol–water partition coefficient (Wildman–Crippen LogP) is 2.88. The molecule has 2 atom stereocenters. The third-order valence-electron chi connectivity index (χ3n) is 2.75. The summed E-state index contributed by atoms with van der Waals surface area (Å²) in [5.74, 6) is 0.822. The minimum atomic E-state index is -0.498. The first kappa shape index (κ1) is 9.99. The molecule has 1 heterocycles. The Hall–Kier alpha value is -0.540. The Morgan fingerprint density at radius 3 is 2.71 bits per heavy atom. The zero-order valence-corrected chi connectivity index (χ0v) is 10.1. The molecule has 0 radical (unpaired) electrons. The number of ether oxygens (including phenoxy) is 1. The highest BCUT2D eigenvalue weighted by Crippen LogP contribution is 2.42. The molecule has 0 amide bonds. The van der Waals surface area contributed by atoms with Gasteiger partial charge >= 0.3 is 0 Å². The van der Waals surface area contributed by atoms with Crippen molar-refractivity contribution in [3.63, 3.8) is 0 Å². The highest BCUT2D eigenvalue weighted by Gasteiger charge is 2.32. The van der Waals surface area contributed by atoms with Gasteiger partial charge in [0.1, 0.15) is 18.0 Å². The summed E-state index contributed by atoms with van der Waals surface area (Å²) in [7, 11) is 0. The van der Waals surface area contributed by atoms with Gasteiger partial charge in [-0.3, -0.25) is 0 Å². The van der Waals surface area contributed by atoms with Crippen molar-refractivity contribution in [2.45, 2.75) is 33.0 Å². The van der Waals surface area contributed by atoms with E-state index in [0.29, 0.717) is 0 Å². The van der Waals surface area contributed by atoms with Crippen molar-refractivity contribution in [1.29, 1.82) is 0 Å². The number of aryl methyl sites for hydroxylation is 1. The molecule has 76 valence electrons. The Morgan fingerprint density at radius 2 is 2.07 bits per heavy atom. The Bertz CT molecular complexity index is 387. The van der Waals surface area contributed by atoms with Crippen LogP contribution in [0.2, 0.25) is 0 Å². The quantitative estimate of drug-likeness (QED) is 0.774. The molecule has 1 aromatic rings. The summed E-state index contributed by atoms with van der Waals surface area (Å²) in [5.41, 5.74) is 3.15. The maximum atomic E-state index is 9.90. The second kappa shape index (κ2) is 3.24. The van der Waals surface area contributed by atoms with Gasteiger partial charge in [-0.2, -0.15) is 0 Å². The second-order valence-electron chi connectivity index (χ2n) is 3.81. The van der Waals surface area contributed by atoms with Crippen molar-refractivity contribution in [1.82, 2.24) is 0 Å². The molecule has 14 heavy (non-hydrogen) atoms. The summed E-state index contributed by atoms with van der Waals surface area (Å²) >= 11 is 3.51. The zero-order valence-electron chi connectivity index (χ0n) is 8.47. The Kier molecular flexibility index (Phi) is 2.32. The lowest BCUT2D eigenvalue weighted by atomic mass is 10.00. The molecule has 1 aromatic carbocycles. The Morgan fingerprint density at radius 1 is 1.43 bits per heavy atom. The third-order valence-corrected chi connectivity index (χ3v) is 3.97. The van der Waals surface area contributed by atoms with Crippen molar-refractivity contribution in [2.75, 3.05) is 0 Å². The van der Waals surface area contributed by atoms with Crippen LogP contribution in [-0.2, 0) is 0 Å². The van der Waals surface area contributed by atoms with Crippen molar-refractivity contribution < 1.29 is 9.84 Å². The lowest BCUT2D eigenvalue weighted by Crippen LogP contribution is -2.13. The van der Waals surface area contributed by atoms with Crippen LogP contribution in [0.4, 0.5) is 0 Å². The fourth-order valence-electron chi connectivity index (χ4n) is 1.90. The minimum Gasteiger partial charge on any atom is -0.487 e. The number of aliphatic hydroxyl groups is 1. The molecule has 0 aromatic heterocycles. The first-order valence-electron chi connectivity index (χ1n) is 4.66. The number of aliphatic hydroxyl groups excluding tert-OH is 1. The lowest BCUT2D eigenvalue weighted by molar-refractivity contribution is 0.0793. The normalized spacial score (nSPS) is 24.6. The number of halogens is 1. The standard InChI is InChI=1S/C11H13BrO2/c1-5-4-8-9(6(2)10(5)12)11(13)7(3)14-8/h4,7,11,13H,1-3H3. The van der Waals surface area contributed by atoms with E-state index >= 15 is 0 Å². The van der Waals surface area contributed by atoms with Crippen LogP contribution >= 0.6 is 15.9 Å². The van der Waals surface area contributed by atoms with E-state index in [1.807, 2.05) is 26.8 Å². The van der Waals surface area contributed by atoms with E-state index in [2.05, 4.69) is 15.9 Å². The van der Waals surface area contributed by atoms with Crippen LogP contribution in [0.25, 0.3) is 0 Å². The Balaban J connectivity index is 2.65. The average molecular weight is 257 g/mol. The van der Waals surface area contributed by atoms with Gasteiger partial charge in [-0.05, 0) is 38.0 Å². The molecular formula is C11H13BrO2. The van der Waals surface area contributed by atoms with Gasteiger partial charge in [0.15, 0.2) is 0 Å². The van der Waals surface area contributed by atoms with Crippen LogP contribution in [0.5, 0.6) is 5.75 Å². The molecule has 2 rings (SSSR count). The van der Waals surface area contributed by atoms with E-state index in [1.165, 1.54) is 0 Å². The van der Waals surface area contributed by atoms with Crippen LogP contribution in [-0.4, -0.2) is 11.2 Å². The Labute approximate surface area is 92.0 Å². The first-order valence-corrected chi connectivity index (χ1v) is 5.46. The summed E-state index contributed by atoms with van der Waals surface area (Å²) in [6, 6.07) is 1.97. The predicted molar refractivity (Wildman–Crippen MR) is 58.7 cm³/mol. The molecule has 1 aliphatic heterocycles.